The van der Waals surface area contributed by atoms with Crippen LogP contribution in [0.15, 0.2) is 60.5 Å². The number of nitrogens with zero attached hydrogens (tertiary/aromatic N) is 8. The van der Waals surface area contributed by atoms with Crippen LogP contribution in [0.5, 0.6) is 0 Å². The van der Waals surface area contributed by atoms with Crippen molar-refractivity contribution in [1.29, 1.82) is 0 Å². The summed E-state index contributed by atoms with van der Waals surface area (Å²) in [6, 6.07) is 10.3. The number of carbonyl (C=O) groups is 1. The van der Waals surface area contributed by atoms with E-state index in [1.54, 1.807) is 22.0 Å². The van der Waals surface area contributed by atoms with Gasteiger partial charge in [-0.25, -0.2) is 19.5 Å². The Morgan fingerprint density at radius 3 is 2.77 bits per heavy atom. The van der Waals surface area contributed by atoms with Crippen LogP contribution in [-0.2, 0) is 13.1 Å². The van der Waals surface area contributed by atoms with Crippen molar-refractivity contribution < 1.29 is 4.79 Å². The van der Waals surface area contributed by atoms with Crippen molar-refractivity contribution in [3.63, 3.8) is 0 Å². The molecule has 6 heterocycles. The molecule has 0 unspecified atom stereocenters. The number of rotatable bonds is 10. The van der Waals surface area contributed by atoms with Gasteiger partial charge in [0, 0.05) is 49.7 Å². The van der Waals surface area contributed by atoms with Gasteiger partial charge in [-0.15, -0.1) is 11.3 Å². The van der Waals surface area contributed by atoms with Gasteiger partial charge >= 0.3 is 0 Å². The lowest BCUT2D eigenvalue weighted by Gasteiger charge is -2.29. The van der Waals surface area contributed by atoms with Crippen molar-refractivity contribution in [2.24, 2.45) is 0 Å². The molecule has 0 saturated carbocycles. The van der Waals surface area contributed by atoms with E-state index in [4.69, 9.17) is 9.97 Å². The van der Waals surface area contributed by atoms with Crippen molar-refractivity contribution in [1.82, 2.24) is 34.0 Å². The van der Waals surface area contributed by atoms with Crippen molar-refractivity contribution in [2.45, 2.75) is 52.7 Å². The predicted molar refractivity (Wildman–Crippen MR) is 159 cm³/mol. The fourth-order valence-electron chi connectivity index (χ4n) is 5.47. The lowest BCUT2D eigenvalue weighted by molar-refractivity contribution is 0.0964. The number of aromatic nitrogens is 6. The lowest BCUT2D eigenvalue weighted by Crippen LogP contribution is -2.34. The van der Waals surface area contributed by atoms with E-state index in [1.807, 2.05) is 48.2 Å². The van der Waals surface area contributed by atoms with Gasteiger partial charge in [0.2, 0.25) is 0 Å². The lowest BCUT2D eigenvalue weighted by atomic mass is 10.0. The maximum Gasteiger partial charge on any atom is 0.165 e. The van der Waals surface area contributed by atoms with Gasteiger partial charge in [0.05, 0.1) is 34.6 Å². The minimum atomic E-state index is 0.131. The average Bonchev–Trinajstić information content (AvgIpc) is 3.76. The smallest absolute Gasteiger partial charge is 0.165 e. The number of anilines is 1. The van der Waals surface area contributed by atoms with Gasteiger partial charge in [-0.1, -0.05) is 19.9 Å². The molecule has 40 heavy (non-hydrogen) atoms. The first-order chi connectivity index (χ1) is 19.5. The Labute approximate surface area is 238 Å². The standard InChI is InChI=1S/C30H34N8OS/c1-4-35(5-2)21(3)8-9-26(39)22-17-25(33-28(18-22)37-15-14-36-13-11-31-29(36)20-37)23-19-32-38-12-10-24(34-30(23)38)27-7-6-16-40-27/h6-7,10-13,16-19,21H,4-5,8-9,14-15,20H2,1-3H3/t21-/m0/s1. The van der Waals surface area contributed by atoms with Crippen molar-refractivity contribution in [2.75, 3.05) is 24.5 Å². The summed E-state index contributed by atoms with van der Waals surface area (Å²) in [4.78, 5) is 33.8. The predicted octanol–water partition coefficient (Wildman–Crippen LogP) is 5.43. The molecule has 0 N–H and O–H groups in total. The van der Waals surface area contributed by atoms with E-state index in [0.717, 1.165) is 66.0 Å². The third-order valence-corrected chi connectivity index (χ3v) is 8.74. The molecule has 0 bridgehead atoms. The second-order valence-corrected chi connectivity index (χ2v) is 11.2. The van der Waals surface area contributed by atoms with Crippen LogP contribution in [0.25, 0.3) is 27.5 Å². The van der Waals surface area contributed by atoms with Gasteiger partial charge in [0.15, 0.2) is 11.4 Å². The first kappa shape index (κ1) is 26.3. The third kappa shape index (κ3) is 5.16. The fraction of sp³-hybridized carbons (Fsp3) is 0.367. The maximum atomic E-state index is 13.6. The number of carbonyl (C=O) groups excluding carboxylic acids is 1. The molecule has 1 aliphatic heterocycles. The molecular weight excluding hydrogens is 520 g/mol. The summed E-state index contributed by atoms with van der Waals surface area (Å²) in [5.41, 5.74) is 3.80. The monoisotopic (exact) mass is 554 g/mol. The van der Waals surface area contributed by atoms with Gasteiger partial charge in [0.1, 0.15) is 11.6 Å². The second kappa shape index (κ2) is 11.3. The van der Waals surface area contributed by atoms with E-state index in [9.17, 15) is 4.79 Å². The minimum absolute atomic E-state index is 0.131. The Balaban J connectivity index is 1.37. The molecular formula is C30H34N8OS. The van der Waals surface area contributed by atoms with Gasteiger partial charge in [0.25, 0.3) is 0 Å². The van der Waals surface area contributed by atoms with E-state index >= 15 is 0 Å². The van der Waals surface area contributed by atoms with E-state index in [1.165, 1.54) is 0 Å². The molecule has 1 aliphatic rings. The molecule has 206 valence electrons. The summed E-state index contributed by atoms with van der Waals surface area (Å²) in [7, 11) is 0. The molecule has 5 aromatic rings. The van der Waals surface area contributed by atoms with E-state index in [2.05, 4.69) is 51.3 Å². The van der Waals surface area contributed by atoms with Gasteiger partial charge in [-0.05, 0) is 56.1 Å². The Bertz CT molecular complexity index is 1620. The topological polar surface area (TPSA) is 84.5 Å². The molecule has 0 aromatic carbocycles. The largest absolute Gasteiger partial charge is 0.347 e. The van der Waals surface area contributed by atoms with Gasteiger partial charge in [-0.2, -0.15) is 5.10 Å². The normalized spacial score (nSPS) is 14.2. The number of thiophene rings is 1. The summed E-state index contributed by atoms with van der Waals surface area (Å²) in [5, 5.41) is 6.60. The highest BCUT2D eigenvalue weighted by atomic mass is 32.1. The summed E-state index contributed by atoms with van der Waals surface area (Å²) in [5.74, 6) is 1.91. The summed E-state index contributed by atoms with van der Waals surface area (Å²) >= 11 is 1.65. The summed E-state index contributed by atoms with van der Waals surface area (Å²) in [6.45, 7) is 10.8. The number of fused-ring (bicyclic) bond motifs is 2. The number of Topliss-reactive ketones (excluding diaryl/α,β-unsaturated/α-hetero) is 1. The van der Waals surface area contributed by atoms with Crippen LogP contribution in [0.3, 0.4) is 0 Å². The molecule has 0 saturated heterocycles. The number of imidazole rings is 1. The summed E-state index contributed by atoms with van der Waals surface area (Å²) in [6.07, 6.45) is 8.88. The Kier molecular flexibility index (Phi) is 7.44. The molecule has 0 fully saturated rings. The molecule has 6 rings (SSSR count). The zero-order valence-corrected chi connectivity index (χ0v) is 24.0. The van der Waals surface area contributed by atoms with Crippen LogP contribution in [0, 0.1) is 0 Å². The number of pyridine rings is 1. The molecule has 0 aliphatic carbocycles. The van der Waals surface area contributed by atoms with Crippen molar-refractivity contribution in [3.05, 3.63) is 71.9 Å². The van der Waals surface area contributed by atoms with Crippen LogP contribution >= 0.6 is 11.3 Å². The molecule has 0 radical (unpaired) electrons. The quantitative estimate of drug-likeness (QED) is 0.213. The third-order valence-electron chi connectivity index (χ3n) is 7.85. The first-order valence-electron chi connectivity index (χ1n) is 14.0. The molecule has 10 heteroatoms. The second-order valence-electron chi connectivity index (χ2n) is 10.2. The first-order valence-corrected chi connectivity index (χ1v) is 14.8. The van der Waals surface area contributed by atoms with E-state index in [0.29, 0.717) is 30.3 Å². The number of hydrogen-bond donors (Lipinski definition) is 0. The van der Waals surface area contributed by atoms with Crippen LogP contribution in [-0.4, -0.2) is 65.5 Å². The van der Waals surface area contributed by atoms with E-state index < -0.39 is 0 Å². The minimum Gasteiger partial charge on any atom is -0.347 e. The zero-order chi connectivity index (χ0) is 27.6. The SMILES string of the molecule is CCN(CC)[C@@H](C)CCC(=O)c1cc(-c2cnn3ccc(-c4cccs4)nc23)nc(N2CCn3ccnc3C2)c1. The highest BCUT2D eigenvalue weighted by Crippen LogP contribution is 2.30. The maximum absolute atomic E-state index is 13.6. The van der Waals surface area contributed by atoms with Crippen molar-refractivity contribution in [3.8, 4) is 21.8 Å². The Morgan fingerprint density at radius 1 is 1.10 bits per heavy atom. The highest BCUT2D eigenvalue weighted by molar-refractivity contribution is 7.13. The average molecular weight is 555 g/mol. The van der Waals surface area contributed by atoms with Crippen LogP contribution in [0.1, 0.15) is 49.8 Å². The Hall–Kier alpha value is -3.89. The molecule has 1 atom stereocenters. The highest BCUT2D eigenvalue weighted by Gasteiger charge is 2.22. The van der Waals surface area contributed by atoms with Gasteiger partial charge < -0.3 is 14.4 Å². The van der Waals surface area contributed by atoms with Gasteiger partial charge in [-0.3, -0.25) is 4.79 Å². The van der Waals surface area contributed by atoms with Crippen LogP contribution < -0.4 is 4.90 Å². The van der Waals surface area contributed by atoms with Crippen molar-refractivity contribution >= 4 is 28.6 Å². The fourth-order valence-corrected chi connectivity index (χ4v) is 6.17. The van der Waals surface area contributed by atoms with Crippen LogP contribution in [0.2, 0.25) is 0 Å². The molecule has 0 amide bonds. The summed E-state index contributed by atoms with van der Waals surface area (Å²) < 4.78 is 3.94. The molecule has 9 nitrogen and oxygen atoms in total. The van der Waals surface area contributed by atoms with E-state index in [-0.39, 0.29) is 5.78 Å². The molecule has 0 spiro atoms. The number of ketones is 1. The zero-order valence-electron chi connectivity index (χ0n) is 23.2. The Morgan fingerprint density at radius 2 is 1.98 bits per heavy atom. The van der Waals surface area contributed by atoms with Crippen LogP contribution in [0.4, 0.5) is 5.82 Å². The number of hydrogen-bond acceptors (Lipinski definition) is 8. The molecule has 5 aromatic heterocycles.